The van der Waals surface area contributed by atoms with Crippen molar-refractivity contribution >= 4 is 5.82 Å². The zero-order valence-electron chi connectivity index (χ0n) is 9.28. The lowest BCUT2D eigenvalue weighted by atomic mass is 10.3. The van der Waals surface area contributed by atoms with Crippen molar-refractivity contribution in [2.45, 2.75) is 20.8 Å². The third kappa shape index (κ3) is 2.80. The number of pyridine rings is 1. The molecule has 0 amide bonds. The predicted octanol–water partition coefficient (Wildman–Crippen LogP) is 2.39. The largest absolute Gasteiger partial charge is 0.384 e. The van der Waals surface area contributed by atoms with Crippen LogP contribution in [0.5, 0.6) is 0 Å². The number of anilines is 1. The molecule has 2 rings (SSSR count). The lowest BCUT2D eigenvalue weighted by Crippen LogP contribution is -1.91. The van der Waals surface area contributed by atoms with Crippen molar-refractivity contribution in [2.24, 2.45) is 0 Å². The second-order valence-electron chi connectivity index (χ2n) is 2.83. The quantitative estimate of drug-likeness (QED) is 0.749. The highest BCUT2D eigenvalue weighted by Gasteiger charge is 2.01. The fourth-order valence-corrected chi connectivity index (χ4v) is 1.15. The number of nitrogens with zero attached hydrogens (tertiary/aromatic N) is 2. The zero-order valence-corrected chi connectivity index (χ0v) is 9.28. The Hall–Kier alpha value is -1.84. The van der Waals surface area contributed by atoms with Crippen LogP contribution in [0.25, 0.3) is 11.4 Å². The molecule has 0 atom stereocenters. The number of aryl methyl sites for hydroxylation is 1. The van der Waals surface area contributed by atoms with Crippen LogP contribution in [0.4, 0.5) is 5.82 Å². The summed E-state index contributed by atoms with van der Waals surface area (Å²) >= 11 is 0. The second-order valence-corrected chi connectivity index (χ2v) is 2.83. The van der Waals surface area contributed by atoms with Gasteiger partial charge < -0.3 is 10.7 Å². The Bertz CT molecular complexity index is 420. The molecule has 2 aromatic rings. The molecular formula is C11H16N4. The maximum absolute atomic E-state index is 5.56. The molecule has 0 radical (unpaired) electrons. The summed E-state index contributed by atoms with van der Waals surface area (Å²) in [7, 11) is 0. The molecule has 3 N–H and O–H groups in total. The molecule has 0 aromatic carbocycles. The first-order valence-corrected chi connectivity index (χ1v) is 5.00. The van der Waals surface area contributed by atoms with Gasteiger partial charge in [0, 0.05) is 0 Å². The maximum Gasteiger partial charge on any atom is 0.124 e. The molecule has 2 heterocycles. The van der Waals surface area contributed by atoms with Gasteiger partial charge in [-0.25, -0.2) is 9.97 Å². The highest BCUT2D eigenvalue weighted by molar-refractivity contribution is 5.55. The fourth-order valence-electron chi connectivity index (χ4n) is 1.15. The number of hydrogen-bond donors (Lipinski definition) is 2. The van der Waals surface area contributed by atoms with Gasteiger partial charge in [-0.2, -0.15) is 0 Å². The molecule has 80 valence electrons. The smallest absolute Gasteiger partial charge is 0.124 e. The summed E-state index contributed by atoms with van der Waals surface area (Å²) in [4.78, 5) is 11.3. The Morgan fingerprint density at radius 1 is 1.27 bits per heavy atom. The standard InChI is InChI=1S/C9H10N4.C2H6/c1-6-11-5-8(12-6)7-3-2-4-9(10)13-7;1-2/h2-5H,1H3,(H2,10,13)(H,11,12);1-2H3. The van der Waals surface area contributed by atoms with E-state index in [-0.39, 0.29) is 0 Å². The monoisotopic (exact) mass is 204 g/mol. The number of hydrogen-bond acceptors (Lipinski definition) is 3. The molecule has 2 aromatic heterocycles. The van der Waals surface area contributed by atoms with Crippen LogP contribution >= 0.6 is 0 Å². The first-order valence-electron chi connectivity index (χ1n) is 5.00. The van der Waals surface area contributed by atoms with Gasteiger partial charge >= 0.3 is 0 Å². The van der Waals surface area contributed by atoms with Crippen LogP contribution in [0.3, 0.4) is 0 Å². The predicted molar refractivity (Wildman–Crippen MR) is 62.3 cm³/mol. The van der Waals surface area contributed by atoms with Gasteiger partial charge in [-0.1, -0.05) is 19.9 Å². The second kappa shape index (κ2) is 5.14. The summed E-state index contributed by atoms with van der Waals surface area (Å²) in [5.74, 6) is 1.39. The Morgan fingerprint density at radius 2 is 2.00 bits per heavy atom. The van der Waals surface area contributed by atoms with Gasteiger partial charge in [-0.05, 0) is 19.1 Å². The lowest BCUT2D eigenvalue weighted by Gasteiger charge is -1.96. The van der Waals surface area contributed by atoms with Crippen LogP contribution in [-0.2, 0) is 0 Å². The first-order chi connectivity index (χ1) is 7.25. The van der Waals surface area contributed by atoms with E-state index in [1.54, 1.807) is 12.3 Å². The molecule has 0 bridgehead atoms. The highest BCUT2D eigenvalue weighted by Crippen LogP contribution is 2.14. The van der Waals surface area contributed by atoms with Crippen molar-refractivity contribution in [2.75, 3.05) is 5.73 Å². The van der Waals surface area contributed by atoms with Crippen LogP contribution < -0.4 is 5.73 Å². The zero-order chi connectivity index (χ0) is 11.3. The summed E-state index contributed by atoms with van der Waals surface area (Å²) in [5.41, 5.74) is 7.27. The lowest BCUT2D eigenvalue weighted by molar-refractivity contribution is 1.15. The summed E-state index contributed by atoms with van der Waals surface area (Å²) in [6, 6.07) is 5.52. The molecule has 0 aliphatic heterocycles. The number of aromatic amines is 1. The average Bonchev–Trinajstić information content (AvgIpc) is 2.68. The van der Waals surface area contributed by atoms with Crippen LogP contribution in [0, 0.1) is 6.92 Å². The number of H-pyrrole nitrogens is 1. The van der Waals surface area contributed by atoms with E-state index < -0.39 is 0 Å². The minimum Gasteiger partial charge on any atom is -0.384 e. The number of imidazole rings is 1. The molecule has 0 saturated carbocycles. The molecule has 0 saturated heterocycles. The molecule has 0 spiro atoms. The third-order valence-corrected chi connectivity index (χ3v) is 1.75. The van der Waals surface area contributed by atoms with Crippen LogP contribution in [0.15, 0.2) is 24.4 Å². The Kier molecular flexibility index (Phi) is 3.85. The van der Waals surface area contributed by atoms with E-state index in [0.717, 1.165) is 17.2 Å². The van der Waals surface area contributed by atoms with E-state index in [9.17, 15) is 0 Å². The van der Waals surface area contributed by atoms with Crippen LogP contribution in [0.1, 0.15) is 19.7 Å². The topological polar surface area (TPSA) is 67.6 Å². The molecule has 0 unspecified atom stereocenters. The normalized spacial score (nSPS) is 9.27. The van der Waals surface area contributed by atoms with E-state index in [0.29, 0.717) is 5.82 Å². The fraction of sp³-hybridized carbons (Fsp3) is 0.273. The van der Waals surface area contributed by atoms with Gasteiger partial charge in [0.2, 0.25) is 0 Å². The van der Waals surface area contributed by atoms with Crippen LogP contribution in [-0.4, -0.2) is 15.0 Å². The van der Waals surface area contributed by atoms with Crippen molar-refractivity contribution < 1.29 is 0 Å². The summed E-state index contributed by atoms with van der Waals surface area (Å²) in [5, 5.41) is 0. The number of nitrogen functional groups attached to an aromatic ring is 1. The van der Waals surface area contributed by atoms with E-state index >= 15 is 0 Å². The van der Waals surface area contributed by atoms with Crippen molar-refractivity contribution in [3.63, 3.8) is 0 Å². The number of aromatic nitrogens is 3. The van der Waals surface area contributed by atoms with Crippen LogP contribution in [0.2, 0.25) is 0 Å². The van der Waals surface area contributed by atoms with Gasteiger partial charge in [0.15, 0.2) is 0 Å². The Labute approximate surface area is 89.6 Å². The molecule has 4 heteroatoms. The Morgan fingerprint density at radius 3 is 2.53 bits per heavy atom. The number of nitrogens with two attached hydrogens (primary N) is 1. The SMILES string of the molecule is CC.Cc1ncc(-c2cccc(N)n2)[nH]1. The molecule has 4 nitrogen and oxygen atoms in total. The van der Waals surface area contributed by atoms with E-state index in [2.05, 4.69) is 15.0 Å². The summed E-state index contributed by atoms with van der Waals surface area (Å²) in [6.07, 6.45) is 1.75. The third-order valence-electron chi connectivity index (χ3n) is 1.75. The van der Waals surface area contributed by atoms with E-state index in [1.807, 2.05) is 32.9 Å². The molecule has 0 fully saturated rings. The number of rotatable bonds is 1. The first kappa shape index (κ1) is 11.2. The van der Waals surface area contributed by atoms with Crippen molar-refractivity contribution in [1.29, 1.82) is 0 Å². The Balaban J connectivity index is 0.000000531. The minimum atomic E-state index is 0.518. The summed E-state index contributed by atoms with van der Waals surface area (Å²) < 4.78 is 0. The van der Waals surface area contributed by atoms with Gasteiger partial charge in [-0.15, -0.1) is 0 Å². The van der Waals surface area contributed by atoms with Gasteiger partial charge in [0.25, 0.3) is 0 Å². The summed E-state index contributed by atoms with van der Waals surface area (Å²) in [6.45, 7) is 5.90. The number of nitrogens with one attached hydrogen (secondary N) is 1. The van der Waals surface area contributed by atoms with Crippen molar-refractivity contribution in [1.82, 2.24) is 15.0 Å². The maximum atomic E-state index is 5.56. The molecule has 15 heavy (non-hydrogen) atoms. The van der Waals surface area contributed by atoms with E-state index in [1.165, 1.54) is 0 Å². The van der Waals surface area contributed by atoms with E-state index in [4.69, 9.17) is 5.73 Å². The minimum absolute atomic E-state index is 0.518. The average molecular weight is 204 g/mol. The van der Waals surface area contributed by atoms with Gasteiger partial charge in [-0.3, -0.25) is 0 Å². The van der Waals surface area contributed by atoms with Gasteiger partial charge in [0.1, 0.15) is 11.6 Å². The van der Waals surface area contributed by atoms with Crippen molar-refractivity contribution in [3.8, 4) is 11.4 Å². The van der Waals surface area contributed by atoms with Crippen molar-refractivity contribution in [3.05, 3.63) is 30.2 Å². The molecular weight excluding hydrogens is 188 g/mol. The molecule has 0 aliphatic carbocycles. The highest BCUT2D eigenvalue weighted by atomic mass is 14.9. The van der Waals surface area contributed by atoms with Gasteiger partial charge in [0.05, 0.1) is 17.6 Å². The molecule has 0 aliphatic rings.